The molecule has 0 aromatic heterocycles. The van der Waals surface area contributed by atoms with Crippen LogP contribution in [-0.2, 0) is 15.3 Å². The molecule has 1 saturated carbocycles. The van der Waals surface area contributed by atoms with Crippen molar-refractivity contribution in [3.05, 3.63) is 48.0 Å². The Labute approximate surface area is 247 Å². The van der Waals surface area contributed by atoms with Crippen molar-refractivity contribution < 1.29 is 13.9 Å². The molecule has 10 heteroatoms. The molecule has 1 aromatic carbocycles. The summed E-state index contributed by atoms with van der Waals surface area (Å²) in [5.74, 6) is 0.994. The Morgan fingerprint density at radius 1 is 1.27 bits per heavy atom. The van der Waals surface area contributed by atoms with Crippen LogP contribution in [0.15, 0.2) is 36.9 Å². The van der Waals surface area contributed by atoms with E-state index in [1.54, 1.807) is 16.7 Å². The third kappa shape index (κ3) is 5.69. The Morgan fingerprint density at radius 3 is 2.90 bits per heavy atom. The SMILES string of the molecule is C=CC(=O)N1CCN(C2NC(OCC3CCCN3C)NC3C[C@]4(CCC32)SCc2ccccc2C4F)CC1CC#N. The zero-order valence-electron chi connectivity index (χ0n) is 24.0. The molecule has 4 aliphatic heterocycles. The molecule has 41 heavy (non-hydrogen) atoms. The van der Waals surface area contributed by atoms with Crippen LogP contribution in [0.3, 0.4) is 0 Å². The van der Waals surface area contributed by atoms with Crippen molar-refractivity contribution in [2.45, 2.75) is 85.8 Å². The van der Waals surface area contributed by atoms with Gasteiger partial charge in [-0.05, 0) is 62.9 Å². The van der Waals surface area contributed by atoms with E-state index < -0.39 is 10.9 Å². The molecule has 7 unspecified atom stereocenters. The minimum Gasteiger partial charge on any atom is -0.348 e. The number of likely N-dealkylation sites (N-methyl/N-ethyl adjacent to an activating group) is 1. The topological polar surface area (TPSA) is 83.9 Å². The third-order valence-electron chi connectivity index (χ3n) is 10.2. The summed E-state index contributed by atoms with van der Waals surface area (Å²) in [4.78, 5) is 19.1. The molecule has 222 valence electrons. The highest BCUT2D eigenvalue weighted by molar-refractivity contribution is 8.00. The average molecular weight is 583 g/mol. The lowest BCUT2D eigenvalue weighted by Gasteiger charge is -2.56. The molecule has 3 saturated heterocycles. The highest BCUT2D eigenvalue weighted by atomic mass is 32.2. The fourth-order valence-corrected chi connectivity index (χ4v) is 9.40. The van der Waals surface area contributed by atoms with E-state index in [4.69, 9.17) is 4.74 Å². The fraction of sp³-hybridized carbons (Fsp3) is 0.677. The minimum atomic E-state index is -0.992. The van der Waals surface area contributed by atoms with Crippen molar-refractivity contribution in [2.75, 3.05) is 39.8 Å². The molecule has 8 nitrogen and oxygen atoms in total. The lowest BCUT2D eigenvalue weighted by molar-refractivity contribution is -0.136. The van der Waals surface area contributed by atoms with Gasteiger partial charge in [0.15, 0.2) is 6.35 Å². The smallest absolute Gasteiger partial charge is 0.246 e. The zero-order valence-corrected chi connectivity index (χ0v) is 24.8. The van der Waals surface area contributed by atoms with Crippen LogP contribution in [0.5, 0.6) is 0 Å². The quantitative estimate of drug-likeness (QED) is 0.494. The second kappa shape index (κ2) is 12.3. The molecular weight excluding hydrogens is 539 g/mol. The molecule has 0 radical (unpaired) electrons. The first kappa shape index (κ1) is 29.1. The highest BCUT2D eigenvalue weighted by Gasteiger charge is 2.54. The maximum absolute atomic E-state index is 16.3. The number of piperazine rings is 1. The molecule has 4 fully saturated rings. The van der Waals surface area contributed by atoms with Crippen LogP contribution in [-0.4, -0.2) is 95.8 Å². The molecule has 2 N–H and O–H groups in total. The summed E-state index contributed by atoms with van der Waals surface area (Å²) in [5, 5.41) is 17.1. The van der Waals surface area contributed by atoms with Gasteiger partial charge in [0, 0.05) is 43.4 Å². The van der Waals surface area contributed by atoms with Crippen molar-refractivity contribution >= 4 is 17.7 Å². The van der Waals surface area contributed by atoms with E-state index in [0.29, 0.717) is 32.3 Å². The number of hydrogen-bond acceptors (Lipinski definition) is 8. The van der Waals surface area contributed by atoms with Crippen LogP contribution >= 0.6 is 11.8 Å². The van der Waals surface area contributed by atoms with Gasteiger partial charge in [-0.25, -0.2) is 4.39 Å². The molecule has 8 atom stereocenters. The van der Waals surface area contributed by atoms with Gasteiger partial charge < -0.3 is 14.5 Å². The third-order valence-corrected chi connectivity index (χ3v) is 11.8. The molecule has 1 spiro atoms. The first-order valence-corrected chi connectivity index (χ1v) is 16.1. The Hall–Kier alpha value is -2.00. The lowest BCUT2D eigenvalue weighted by atomic mass is 9.71. The van der Waals surface area contributed by atoms with Gasteiger partial charge in [-0.1, -0.05) is 30.8 Å². The second-order valence-corrected chi connectivity index (χ2v) is 13.8. The summed E-state index contributed by atoms with van der Waals surface area (Å²) in [7, 11) is 2.16. The monoisotopic (exact) mass is 582 g/mol. The summed E-state index contributed by atoms with van der Waals surface area (Å²) in [6.45, 7) is 7.28. The van der Waals surface area contributed by atoms with Crippen LogP contribution in [0.25, 0.3) is 0 Å². The van der Waals surface area contributed by atoms with Crippen molar-refractivity contribution in [3.63, 3.8) is 0 Å². The summed E-state index contributed by atoms with van der Waals surface area (Å²) in [5.41, 5.74) is 1.97. The summed E-state index contributed by atoms with van der Waals surface area (Å²) in [6, 6.07) is 10.6. The van der Waals surface area contributed by atoms with Crippen molar-refractivity contribution in [3.8, 4) is 6.07 Å². The van der Waals surface area contributed by atoms with E-state index in [1.165, 1.54) is 12.5 Å². The molecule has 1 amide bonds. The van der Waals surface area contributed by atoms with E-state index in [0.717, 1.165) is 49.1 Å². The number of carbonyl (C=O) groups excluding carboxylic acids is 1. The second-order valence-electron chi connectivity index (χ2n) is 12.4. The van der Waals surface area contributed by atoms with Gasteiger partial charge in [0.2, 0.25) is 5.91 Å². The number of benzene rings is 1. The zero-order chi connectivity index (χ0) is 28.6. The molecule has 6 rings (SSSR count). The van der Waals surface area contributed by atoms with Gasteiger partial charge >= 0.3 is 0 Å². The summed E-state index contributed by atoms with van der Waals surface area (Å²) >= 11 is 1.79. The van der Waals surface area contributed by atoms with E-state index in [9.17, 15) is 10.1 Å². The summed E-state index contributed by atoms with van der Waals surface area (Å²) < 4.78 is 22.4. The predicted molar refractivity (Wildman–Crippen MR) is 158 cm³/mol. The number of ether oxygens (including phenoxy) is 1. The Kier molecular flexibility index (Phi) is 8.74. The Morgan fingerprint density at radius 2 is 2.12 bits per heavy atom. The van der Waals surface area contributed by atoms with Gasteiger partial charge in [0.05, 0.1) is 36.1 Å². The number of halogens is 1. The minimum absolute atomic E-state index is 0.0195. The number of likely N-dealkylation sites (tertiary alicyclic amines) is 1. The lowest BCUT2D eigenvalue weighted by Crippen LogP contribution is -2.73. The molecular formula is C31H43FN6O2S. The number of hydrogen-bond donors (Lipinski definition) is 2. The number of nitrogens with zero attached hydrogens (tertiary/aromatic N) is 4. The van der Waals surface area contributed by atoms with Gasteiger partial charge in [-0.3, -0.25) is 20.3 Å². The standard InChI is InChI=1S/C31H43FN6O2S/c1-3-27(39)38-16-15-37(18-22(38)11-13-33)29-25-10-12-31(28(32)24-9-5-4-7-21(24)20-41-31)17-26(25)34-30(35-29)40-19-23-8-6-14-36(23)2/h3-5,7,9,22-23,25-26,28-30,34-35H,1,6,8,10-12,14-20H2,2H3/t22?,23?,25?,26?,28?,29?,30?,31-/m0/s1. The van der Waals surface area contributed by atoms with E-state index in [2.05, 4.69) is 46.2 Å². The Bertz CT molecular complexity index is 1170. The van der Waals surface area contributed by atoms with Crippen LogP contribution in [0.4, 0.5) is 4.39 Å². The number of carbonyl (C=O) groups is 1. The number of fused-ring (bicyclic) bond motifs is 2. The molecule has 1 aromatic rings. The number of amides is 1. The maximum atomic E-state index is 16.3. The predicted octanol–water partition coefficient (Wildman–Crippen LogP) is 3.38. The maximum Gasteiger partial charge on any atom is 0.246 e. The molecule has 0 bridgehead atoms. The highest BCUT2D eigenvalue weighted by Crippen LogP contribution is 2.56. The number of nitriles is 1. The first-order chi connectivity index (χ1) is 19.9. The largest absolute Gasteiger partial charge is 0.348 e. The Balaban J connectivity index is 1.22. The van der Waals surface area contributed by atoms with Crippen molar-refractivity contribution in [1.29, 1.82) is 5.26 Å². The van der Waals surface area contributed by atoms with Gasteiger partial charge in [-0.2, -0.15) is 5.26 Å². The number of nitrogens with one attached hydrogen (secondary N) is 2. The summed E-state index contributed by atoms with van der Waals surface area (Å²) in [6.07, 6.45) is 5.11. The van der Waals surface area contributed by atoms with Crippen molar-refractivity contribution in [2.24, 2.45) is 5.92 Å². The van der Waals surface area contributed by atoms with Gasteiger partial charge in [0.25, 0.3) is 0 Å². The van der Waals surface area contributed by atoms with Gasteiger partial charge in [-0.15, -0.1) is 11.8 Å². The normalized spacial score (nSPS) is 37.8. The van der Waals surface area contributed by atoms with Gasteiger partial charge in [0.1, 0.15) is 6.17 Å². The van der Waals surface area contributed by atoms with Crippen LogP contribution in [0.1, 0.15) is 55.8 Å². The van der Waals surface area contributed by atoms with E-state index in [-0.39, 0.29) is 42.8 Å². The number of alkyl halides is 1. The van der Waals surface area contributed by atoms with Crippen LogP contribution in [0.2, 0.25) is 0 Å². The van der Waals surface area contributed by atoms with Crippen molar-refractivity contribution in [1.82, 2.24) is 25.3 Å². The molecule has 4 heterocycles. The van der Waals surface area contributed by atoms with E-state index in [1.807, 2.05) is 18.2 Å². The number of thioether (sulfide) groups is 1. The van der Waals surface area contributed by atoms with Crippen LogP contribution < -0.4 is 10.6 Å². The number of rotatable bonds is 6. The average Bonchev–Trinajstić information content (AvgIpc) is 3.41. The van der Waals surface area contributed by atoms with Crippen LogP contribution in [0, 0.1) is 17.2 Å². The molecule has 5 aliphatic rings. The fourth-order valence-electron chi connectivity index (χ4n) is 7.86. The molecule has 1 aliphatic carbocycles. The van der Waals surface area contributed by atoms with E-state index >= 15 is 4.39 Å². The first-order valence-electron chi connectivity index (χ1n) is 15.2.